The fourth-order valence-corrected chi connectivity index (χ4v) is 1.30. The first kappa shape index (κ1) is 8.68. The van der Waals surface area contributed by atoms with Crippen molar-refractivity contribution < 1.29 is 0 Å². The normalized spacial score (nSPS) is 10.4. The van der Waals surface area contributed by atoms with Crippen LogP contribution in [0.1, 0.15) is 11.4 Å². The van der Waals surface area contributed by atoms with Crippen LogP contribution in [-0.2, 0) is 0 Å². The number of hydrogen-bond acceptors (Lipinski definition) is 4. The van der Waals surface area contributed by atoms with Crippen LogP contribution >= 0.6 is 0 Å². The molecule has 2 aromatic heterocycles. The lowest BCUT2D eigenvalue weighted by Gasteiger charge is -2.01. The van der Waals surface area contributed by atoms with E-state index in [1.165, 1.54) is 0 Å². The molecular weight excluding hydrogens is 178 g/mol. The van der Waals surface area contributed by atoms with Crippen LogP contribution in [0.4, 0.5) is 5.82 Å². The zero-order chi connectivity index (χ0) is 10.1. The van der Waals surface area contributed by atoms with Crippen molar-refractivity contribution in [1.29, 1.82) is 0 Å². The van der Waals surface area contributed by atoms with E-state index in [0.717, 1.165) is 11.4 Å². The van der Waals surface area contributed by atoms with Gasteiger partial charge in [0.25, 0.3) is 5.95 Å². The van der Waals surface area contributed by atoms with Gasteiger partial charge in [0, 0.05) is 11.9 Å². The summed E-state index contributed by atoms with van der Waals surface area (Å²) in [6.07, 6.45) is 1.62. The van der Waals surface area contributed by atoms with Crippen LogP contribution in [0.5, 0.6) is 0 Å². The number of aryl methyl sites for hydroxylation is 2. The maximum Gasteiger partial charge on any atom is 0.252 e. The number of anilines is 1. The molecule has 2 N–H and O–H groups in total. The SMILES string of the molecule is Cc1cc(C)n(-c2nccc(N)n2)n1. The first-order valence-electron chi connectivity index (χ1n) is 4.29. The van der Waals surface area contributed by atoms with Gasteiger partial charge in [-0.15, -0.1) is 0 Å². The predicted octanol–water partition coefficient (Wildman–Crippen LogP) is 0.861. The van der Waals surface area contributed by atoms with Gasteiger partial charge in [-0.1, -0.05) is 0 Å². The molecule has 0 aliphatic carbocycles. The Labute approximate surface area is 81.6 Å². The Kier molecular flexibility index (Phi) is 1.92. The van der Waals surface area contributed by atoms with Gasteiger partial charge in [0.15, 0.2) is 0 Å². The number of rotatable bonds is 1. The molecule has 5 heteroatoms. The third-order valence-corrected chi connectivity index (χ3v) is 1.86. The monoisotopic (exact) mass is 189 g/mol. The average Bonchev–Trinajstić information content (AvgIpc) is 2.45. The molecule has 0 aliphatic heterocycles. The summed E-state index contributed by atoms with van der Waals surface area (Å²) in [5.41, 5.74) is 7.49. The quantitative estimate of drug-likeness (QED) is 0.722. The minimum atomic E-state index is 0.447. The van der Waals surface area contributed by atoms with Crippen molar-refractivity contribution in [1.82, 2.24) is 19.7 Å². The van der Waals surface area contributed by atoms with E-state index in [1.807, 2.05) is 19.9 Å². The number of nitrogens with two attached hydrogens (primary N) is 1. The van der Waals surface area contributed by atoms with Crippen molar-refractivity contribution in [3.05, 3.63) is 29.7 Å². The molecule has 0 aromatic carbocycles. The van der Waals surface area contributed by atoms with Crippen LogP contribution in [0, 0.1) is 13.8 Å². The summed E-state index contributed by atoms with van der Waals surface area (Å²) in [5, 5.41) is 4.26. The topological polar surface area (TPSA) is 69.6 Å². The van der Waals surface area contributed by atoms with Crippen molar-refractivity contribution in [2.24, 2.45) is 0 Å². The van der Waals surface area contributed by atoms with Crippen molar-refractivity contribution in [2.75, 3.05) is 5.73 Å². The molecule has 0 atom stereocenters. The van der Waals surface area contributed by atoms with E-state index in [2.05, 4.69) is 15.1 Å². The number of hydrogen-bond donors (Lipinski definition) is 1. The minimum Gasteiger partial charge on any atom is -0.384 e. The fourth-order valence-electron chi connectivity index (χ4n) is 1.30. The van der Waals surface area contributed by atoms with E-state index >= 15 is 0 Å². The number of nitrogens with zero attached hydrogens (tertiary/aromatic N) is 4. The van der Waals surface area contributed by atoms with E-state index < -0.39 is 0 Å². The lowest BCUT2D eigenvalue weighted by atomic mass is 10.4. The Bertz CT molecular complexity index is 460. The van der Waals surface area contributed by atoms with Gasteiger partial charge in [-0.25, -0.2) is 9.67 Å². The van der Waals surface area contributed by atoms with Gasteiger partial charge in [0.1, 0.15) is 5.82 Å². The molecule has 0 unspecified atom stereocenters. The minimum absolute atomic E-state index is 0.447. The second kappa shape index (κ2) is 3.10. The average molecular weight is 189 g/mol. The van der Waals surface area contributed by atoms with Gasteiger partial charge in [0.05, 0.1) is 5.69 Å². The van der Waals surface area contributed by atoms with Crippen LogP contribution in [0.15, 0.2) is 18.3 Å². The van der Waals surface area contributed by atoms with E-state index in [9.17, 15) is 0 Å². The smallest absolute Gasteiger partial charge is 0.252 e. The van der Waals surface area contributed by atoms with Crippen LogP contribution in [0.3, 0.4) is 0 Å². The molecular formula is C9H11N5. The Morgan fingerprint density at radius 1 is 1.36 bits per heavy atom. The van der Waals surface area contributed by atoms with Crippen molar-refractivity contribution in [3.8, 4) is 5.95 Å². The van der Waals surface area contributed by atoms with Crippen LogP contribution in [0.2, 0.25) is 0 Å². The summed E-state index contributed by atoms with van der Waals surface area (Å²) in [7, 11) is 0. The molecule has 2 heterocycles. The number of aromatic nitrogens is 4. The van der Waals surface area contributed by atoms with Crippen LogP contribution < -0.4 is 5.73 Å². The largest absolute Gasteiger partial charge is 0.384 e. The summed E-state index contributed by atoms with van der Waals surface area (Å²) in [4.78, 5) is 8.18. The summed E-state index contributed by atoms with van der Waals surface area (Å²) >= 11 is 0. The second-order valence-electron chi connectivity index (χ2n) is 3.12. The van der Waals surface area contributed by atoms with E-state index in [0.29, 0.717) is 11.8 Å². The lowest BCUT2D eigenvalue weighted by Crippen LogP contribution is -2.06. The molecule has 0 saturated carbocycles. The molecule has 5 nitrogen and oxygen atoms in total. The molecule has 0 amide bonds. The van der Waals surface area contributed by atoms with E-state index in [-0.39, 0.29) is 0 Å². The van der Waals surface area contributed by atoms with Crippen molar-refractivity contribution in [2.45, 2.75) is 13.8 Å². The molecule has 0 radical (unpaired) electrons. The number of nitrogen functional groups attached to an aromatic ring is 1. The highest BCUT2D eigenvalue weighted by atomic mass is 15.4. The first-order chi connectivity index (χ1) is 6.66. The standard InChI is InChI=1S/C9H11N5/c1-6-5-7(2)14(13-6)9-11-4-3-8(10)12-9/h3-5H,1-2H3,(H2,10,11,12). The molecule has 0 saturated heterocycles. The Morgan fingerprint density at radius 2 is 2.14 bits per heavy atom. The van der Waals surface area contributed by atoms with Crippen LogP contribution in [0.25, 0.3) is 5.95 Å². The highest BCUT2D eigenvalue weighted by Gasteiger charge is 2.05. The summed E-state index contributed by atoms with van der Waals surface area (Å²) in [6.45, 7) is 3.88. The molecule has 0 spiro atoms. The molecule has 0 bridgehead atoms. The zero-order valence-electron chi connectivity index (χ0n) is 8.10. The Hall–Kier alpha value is -1.91. The lowest BCUT2D eigenvalue weighted by molar-refractivity contribution is 0.775. The van der Waals surface area contributed by atoms with Gasteiger partial charge < -0.3 is 5.73 Å². The molecule has 0 aliphatic rings. The van der Waals surface area contributed by atoms with Crippen molar-refractivity contribution in [3.63, 3.8) is 0 Å². The first-order valence-corrected chi connectivity index (χ1v) is 4.29. The van der Waals surface area contributed by atoms with E-state index in [4.69, 9.17) is 5.73 Å². The van der Waals surface area contributed by atoms with Gasteiger partial charge in [-0.2, -0.15) is 10.1 Å². The molecule has 0 fully saturated rings. The fraction of sp³-hybridized carbons (Fsp3) is 0.222. The third kappa shape index (κ3) is 1.44. The maximum absolute atomic E-state index is 5.56. The molecule has 2 rings (SSSR count). The summed E-state index contributed by atoms with van der Waals surface area (Å²) in [6, 6.07) is 3.61. The van der Waals surface area contributed by atoms with Gasteiger partial charge in [-0.3, -0.25) is 0 Å². The molecule has 14 heavy (non-hydrogen) atoms. The highest BCUT2D eigenvalue weighted by Crippen LogP contribution is 2.07. The van der Waals surface area contributed by atoms with Gasteiger partial charge in [0.2, 0.25) is 0 Å². The molecule has 2 aromatic rings. The Balaban J connectivity index is 2.54. The second-order valence-corrected chi connectivity index (χ2v) is 3.12. The summed E-state index contributed by atoms with van der Waals surface area (Å²) in [5.74, 6) is 0.957. The zero-order valence-corrected chi connectivity index (χ0v) is 8.10. The van der Waals surface area contributed by atoms with Crippen molar-refractivity contribution >= 4 is 5.82 Å². The van der Waals surface area contributed by atoms with Gasteiger partial charge in [-0.05, 0) is 26.0 Å². The Morgan fingerprint density at radius 3 is 2.71 bits per heavy atom. The highest BCUT2D eigenvalue weighted by molar-refractivity contribution is 5.30. The molecule has 72 valence electrons. The summed E-state index contributed by atoms with van der Waals surface area (Å²) < 4.78 is 1.67. The third-order valence-electron chi connectivity index (χ3n) is 1.86. The van der Waals surface area contributed by atoms with Gasteiger partial charge >= 0.3 is 0 Å². The van der Waals surface area contributed by atoms with E-state index in [1.54, 1.807) is 16.9 Å². The predicted molar refractivity (Wildman–Crippen MR) is 53.0 cm³/mol. The maximum atomic E-state index is 5.56. The van der Waals surface area contributed by atoms with Crippen LogP contribution in [-0.4, -0.2) is 19.7 Å².